The van der Waals surface area contributed by atoms with Crippen LogP contribution in [0.25, 0.3) is 0 Å². The van der Waals surface area contributed by atoms with Gasteiger partial charge in [0.05, 0.1) is 0 Å². The van der Waals surface area contributed by atoms with Crippen LogP contribution in [0.2, 0.25) is 0 Å². The number of hydrogen-bond acceptors (Lipinski definition) is 4. The van der Waals surface area contributed by atoms with E-state index in [0.717, 1.165) is 12.2 Å². The zero-order valence-corrected chi connectivity index (χ0v) is 7.57. The maximum Gasteiger partial charge on any atom is 0.330 e. The highest BCUT2D eigenvalue weighted by Gasteiger charge is 2.10. The molecule has 0 amide bonds. The Morgan fingerprint density at radius 2 is 1.50 bits per heavy atom. The number of halogens is 1. The highest BCUT2D eigenvalue weighted by atomic mass is 19.1. The standard InChI is InChI=1S/C9H11FO4/c1-3-8(11)13-5-7(10)6-14-9(12)4-2/h3-4,7H,1-2,5-6H2. The summed E-state index contributed by atoms with van der Waals surface area (Å²) < 4.78 is 21.5. The molecule has 0 radical (unpaired) electrons. The second-order valence-corrected chi connectivity index (χ2v) is 2.27. The molecule has 0 aromatic rings. The minimum absolute atomic E-state index is 0.463. The number of hydrogen-bond donors (Lipinski definition) is 0. The van der Waals surface area contributed by atoms with E-state index >= 15 is 0 Å². The molecule has 4 nitrogen and oxygen atoms in total. The highest BCUT2D eigenvalue weighted by Crippen LogP contribution is 1.95. The summed E-state index contributed by atoms with van der Waals surface area (Å²) in [5.74, 6) is -1.44. The van der Waals surface area contributed by atoms with E-state index in [4.69, 9.17) is 0 Å². The Labute approximate surface area is 81.0 Å². The van der Waals surface area contributed by atoms with Crippen LogP contribution in [-0.2, 0) is 19.1 Å². The van der Waals surface area contributed by atoms with E-state index in [9.17, 15) is 14.0 Å². The molecule has 0 spiro atoms. The van der Waals surface area contributed by atoms with Gasteiger partial charge in [-0.2, -0.15) is 0 Å². The van der Waals surface area contributed by atoms with Gasteiger partial charge in [0.15, 0.2) is 6.17 Å². The molecule has 0 aromatic carbocycles. The minimum Gasteiger partial charge on any atom is -0.459 e. The van der Waals surface area contributed by atoms with Gasteiger partial charge >= 0.3 is 11.9 Å². The second kappa shape index (κ2) is 6.82. The van der Waals surface area contributed by atoms with Gasteiger partial charge in [0, 0.05) is 12.2 Å². The normalized spacial score (nSPS) is 9.29. The zero-order chi connectivity index (χ0) is 11.0. The van der Waals surface area contributed by atoms with E-state index < -0.39 is 31.3 Å². The van der Waals surface area contributed by atoms with E-state index in [0.29, 0.717) is 0 Å². The summed E-state index contributed by atoms with van der Waals surface area (Å²) in [5.41, 5.74) is 0. The third-order valence-corrected chi connectivity index (χ3v) is 1.15. The van der Waals surface area contributed by atoms with Crippen molar-refractivity contribution in [3.05, 3.63) is 25.3 Å². The first-order chi connectivity index (χ1) is 6.60. The predicted molar refractivity (Wildman–Crippen MR) is 47.2 cm³/mol. The molecule has 0 bridgehead atoms. The molecule has 0 unspecified atom stereocenters. The molecular weight excluding hydrogens is 191 g/mol. The van der Waals surface area contributed by atoms with Crippen LogP contribution >= 0.6 is 0 Å². The molecule has 0 saturated heterocycles. The highest BCUT2D eigenvalue weighted by molar-refractivity contribution is 5.81. The van der Waals surface area contributed by atoms with Crippen molar-refractivity contribution in [1.82, 2.24) is 0 Å². The van der Waals surface area contributed by atoms with Crippen LogP contribution in [0.5, 0.6) is 0 Å². The number of alkyl halides is 1. The molecule has 14 heavy (non-hydrogen) atoms. The van der Waals surface area contributed by atoms with Gasteiger partial charge in [0.25, 0.3) is 0 Å². The van der Waals surface area contributed by atoms with Crippen molar-refractivity contribution >= 4 is 11.9 Å². The fraction of sp³-hybridized carbons (Fsp3) is 0.333. The van der Waals surface area contributed by atoms with E-state index in [-0.39, 0.29) is 0 Å². The van der Waals surface area contributed by atoms with Gasteiger partial charge in [-0.05, 0) is 0 Å². The van der Waals surface area contributed by atoms with Crippen LogP contribution in [0.15, 0.2) is 25.3 Å². The lowest BCUT2D eigenvalue weighted by atomic mass is 10.4. The SMILES string of the molecule is C=CC(=O)OCC(F)COC(=O)C=C. The van der Waals surface area contributed by atoms with Gasteiger partial charge in [0.1, 0.15) is 13.2 Å². The molecule has 0 N–H and O–H groups in total. The van der Waals surface area contributed by atoms with Crippen LogP contribution in [0.1, 0.15) is 0 Å². The van der Waals surface area contributed by atoms with Gasteiger partial charge in [0.2, 0.25) is 0 Å². The van der Waals surface area contributed by atoms with Crippen molar-refractivity contribution in [3.63, 3.8) is 0 Å². The molecule has 0 heterocycles. The van der Waals surface area contributed by atoms with Gasteiger partial charge in [-0.15, -0.1) is 0 Å². The summed E-state index contributed by atoms with van der Waals surface area (Å²) >= 11 is 0. The Kier molecular flexibility index (Phi) is 6.02. The Morgan fingerprint density at radius 1 is 1.14 bits per heavy atom. The molecule has 78 valence electrons. The second-order valence-electron chi connectivity index (χ2n) is 2.27. The first kappa shape index (κ1) is 12.3. The molecule has 0 aliphatic heterocycles. The quantitative estimate of drug-likeness (QED) is 0.472. The lowest BCUT2D eigenvalue weighted by Crippen LogP contribution is -2.20. The summed E-state index contributed by atoms with van der Waals surface area (Å²) in [4.78, 5) is 21.0. The largest absolute Gasteiger partial charge is 0.459 e. The Hall–Kier alpha value is -1.65. The third-order valence-electron chi connectivity index (χ3n) is 1.15. The maximum absolute atomic E-state index is 12.8. The fourth-order valence-electron chi connectivity index (χ4n) is 0.511. The molecule has 0 rings (SSSR count). The number of rotatable bonds is 6. The van der Waals surface area contributed by atoms with E-state index in [2.05, 4.69) is 22.6 Å². The average molecular weight is 202 g/mol. The summed E-state index contributed by atoms with van der Waals surface area (Å²) in [7, 11) is 0. The lowest BCUT2D eigenvalue weighted by molar-refractivity contribution is -0.143. The minimum atomic E-state index is -1.54. The third kappa shape index (κ3) is 5.93. The number of carbonyl (C=O) groups is 2. The van der Waals surface area contributed by atoms with Crippen molar-refractivity contribution < 1.29 is 23.5 Å². The van der Waals surface area contributed by atoms with Crippen molar-refractivity contribution in [3.8, 4) is 0 Å². The van der Waals surface area contributed by atoms with Crippen LogP contribution in [0.4, 0.5) is 4.39 Å². The first-order valence-electron chi connectivity index (χ1n) is 3.82. The summed E-state index contributed by atoms with van der Waals surface area (Å²) in [6.07, 6.45) is 0.299. The van der Waals surface area contributed by atoms with Crippen LogP contribution in [0.3, 0.4) is 0 Å². The fourth-order valence-corrected chi connectivity index (χ4v) is 0.511. The summed E-state index contributed by atoms with van der Waals surface area (Å²) in [5, 5.41) is 0. The van der Waals surface area contributed by atoms with Gasteiger partial charge in [-0.3, -0.25) is 0 Å². The van der Waals surface area contributed by atoms with Gasteiger partial charge in [-0.1, -0.05) is 13.2 Å². The topological polar surface area (TPSA) is 52.6 Å². The van der Waals surface area contributed by atoms with Gasteiger partial charge < -0.3 is 9.47 Å². The van der Waals surface area contributed by atoms with Crippen molar-refractivity contribution in [2.75, 3.05) is 13.2 Å². The number of esters is 2. The molecule has 0 aliphatic rings. The molecule has 5 heteroatoms. The van der Waals surface area contributed by atoms with Gasteiger partial charge in [-0.25, -0.2) is 14.0 Å². The summed E-state index contributed by atoms with van der Waals surface area (Å²) in [6.45, 7) is 5.33. The van der Waals surface area contributed by atoms with Crippen LogP contribution < -0.4 is 0 Å². The summed E-state index contributed by atoms with van der Waals surface area (Å²) in [6, 6.07) is 0. The van der Waals surface area contributed by atoms with Crippen molar-refractivity contribution in [1.29, 1.82) is 0 Å². The Balaban J connectivity index is 3.60. The van der Waals surface area contributed by atoms with Crippen LogP contribution in [0, 0.1) is 0 Å². The molecular formula is C9H11FO4. The maximum atomic E-state index is 12.8. The molecule has 0 atom stereocenters. The molecule has 0 aliphatic carbocycles. The zero-order valence-electron chi connectivity index (χ0n) is 7.57. The van der Waals surface area contributed by atoms with E-state index in [1.165, 1.54) is 0 Å². The smallest absolute Gasteiger partial charge is 0.330 e. The average Bonchev–Trinajstić information content (AvgIpc) is 2.22. The van der Waals surface area contributed by atoms with Crippen LogP contribution in [-0.4, -0.2) is 31.3 Å². The number of carbonyl (C=O) groups excluding carboxylic acids is 2. The predicted octanol–water partition coefficient (Wildman–Crippen LogP) is 0.783. The van der Waals surface area contributed by atoms with Crippen molar-refractivity contribution in [2.45, 2.75) is 6.17 Å². The molecule has 0 saturated carbocycles. The number of ether oxygens (including phenoxy) is 2. The van der Waals surface area contributed by atoms with Crippen molar-refractivity contribution in [2.24, 2.45) is 0 Å². The van der Waals surface area contributed by atoms with E-state index in [1.54, 1.807) is 0 Å². The first-order valence-corrected chi connectivity index (χ1v) is 3.82. The Morgan fingerprint density at radius 3 is 1.79 bits per heavy atom. The molecule has 0 aromatic heterocycles. The Bertz CT molecular complexity index is 213. The van der Waals surface area contributed by atoms with E-state index in [1.807, 2.05) is 0 Å². The monoisotopic (exact) mass is 202 g/mol. The molecule has 0 fully saturated rings. The lowest BCUT2D eigenvalue weighted by Gasteiger charge is -2.07.